The second-order valence-corrected chi connectivity index (χ2v) is 8.14. The first-order valence-electron chi connectivity index (χ1n) is 9.88. The number of aromatic nitrogens is 1. The van der Waals surface area contributed by atoms with Crippen LogP contribution in [0.15, 0.2) is 48.7 Å². The summed E-state index contributed by atoms with van der Waals surface area (Å²) in [5.74, 6) is 1.72. The molecule has 0 saturated heterocycles. The number of rotatable bonds is 8. The highest BCUT2D eigenvalue weighted by Gasteiger charge is 2.09. The second-order valence-electron chi connectivity index (χ2n) is 8.14. The van der Waals surface area contributed by atoms with Crippen LogP contribution in [0.4, 0.5) is 0 Å². The van der Waals surface area contributed by atoms with Crippen LogP contribution < -0.4 is 0 Å². The Morgan fingerprint density at radius 2 is 1.62 bits per heavy atom. The van der Waals surface area contributed by atoms with Gasteiger partial charge in [0.25, 0.3) is 0 Å². The first-order chi connectivity index (χ1) is 12.5. The van der Waals surface area contributed by atoms with E-state index in [1.54, 1.807) is 12.1 Å². The Morgan fingerprint density at radius 1 is 0.885 bits per heavy atom. The molecule has 0 aliphatic heterocycles. The molecule has 1 unspecified atom stereocenters. The standard InChI is InChI=1S/C24H31NO/c1-17(2)4-10-21-16-25-24-15-20(9-13-23(21)24)14-18(3)5-6-19-7-11-22(26)12-8-19/h7-9,11-13,15-18,25-26H,4-6,10,14H2,1-3H3. The van der Waals surface area contributed by atoms with Gasteiger partial charge in [0.15, 0.2) is 0 Å². The maximum atomic E-state index is 9.37. The van der Waals surface area contributed by atoms with E-state index in [4.69, 9.17) is 0 Å². The molecule has 2 aromatic carbocycles. The fraction of sp³-hybridized carbons (Fsp3) is 0.417. The molecule has 2 N–H and O–H groups in total. The molecule has 3 aromatic rings. The van der Waals surface area contributed by atoms with E-state index in [-0.39, 0.29) is 0 Å². The number of nitrogens with one attached hydrogen (secondary N) is 1. The van der Waals surface area contributed by atoms with E-state index in [2.05, 4.69) is 50.2 Å². The molecular weight excluding hydrogens is 318 g/mol. The number of benzene rings is 2. The average molecular weight is 350 g/mol. The maximum Gasteiger partial charge on any atom is 0.115 e. The second kappa shape index (κ2) is 8.44. The Kier molecular flexibility index (Phi) is 6.03. The Bertz CT molecular complexity index is 829. The molecule has 26 heavy (non-hydrogen) atoms. The summed E-state index contributed by atoms with van der Waals surface area (Å²) < 4.78 is 0. The van der Waals surface area contributed by atoms with Gasteiger partial charge in [0.05, 0.1) is 0 Å². The summed E-state index contributed by atoms with van der Waals surface area (Å²) in [6, 6.07) is 14.5. The SMILES string of the molecule is CC(C)CCc1c[nH]c2cc(CC(C)CCc3ccc(O)cc3)ccc12. The number of aromatic hydroxyl groups is 1. The van der Waals surface area contributed by atoms with Gasteiger partial charge >= 0.3 is 0 Å². The fourth-order valence-corrected chi connectivity index (χ4v) is 3.59. The molecule has 1 heterocycles. The summed E-state index contributed by atoms with van der Waals surface area (Å²) in [6.45, 7) is 6.90. The fourth-order valence-electron chi connectivity index (χ4n) is 3.59. The van der Waals surface area contributed by atoms with Gasteiger partial charge in [-0.15, -0.1) is 0 Å². The highest BCUT2D eigenvalue weighted by atomic mass is 16.3. The molecule has 0 fully saturated rings. The number of fused-ring (bicyclic) bond motifs is 1. The first-order valence-corrected chi connectivity index (χ1v) is 9.88. The van der Waals surface area contributed by atoms with E-state index in [0.29, 0.717) is 11.7 Å². The van der Waals surface area contributed by atoms with Crippen molar-refractivity contribution in [2.75, 3.05) is 0 Å². The third-order valence-corrected chi connectivity index (χ3v) is 5.27. The molecule has 0 spiro atoms. The lowest BCUT2D eigenvalue weighted by Gasteiger charge is -2.12. The van der Waals surface area contributed by atoms with Crippen LogP contribution in [0.5, 0.6) is 5.75 Å². The quantitative estimate of drug-likeness (QED) is 0.494. The van der Waals surface area contributed by atoms with Crippen molar-refractivity contribution in [1.29, 1.82) is 0 Å². The smallest absolute Gasteiger partial charge is 0.115 e. The summed E-state index contributed by atoms with van der Waals surface area (Å²) in [5, 5.41) is 10.8. The predicted octanol–water partition coefficient (Wildman–Crippen LogP) is 6.27. The van der Waals surface area contributed by atoms with Crippen molar-refractivity contribution in [1.82, 2.24) is 4.98 Å². The summed E-state index contributed by atoms with van der Waals surface area (Å²) in [7, 11) is 0. The molecule has 0 saturated carbocycles. The van der Waals surface area contributed by atoms with E-state index in [9.17, 15) is 5.11 Å². The van der Waals surface area contributed by atoms with Crippen molar-refractivity contribution in [3.05, 3.63) is 65.4 Å². The lowest BCUT2D eigenvalue weighted by molar-refractivity contribution is 0.474. The van der Waals surface area contributed by atoms with Gasteiger partial charge in [-0.1, -0.05) is 45.0 Å². The normalized spacial score (nSPS) is 12.8. The van der Waals surface area contributed by atoms with E-state index in [1.807, 2.05) is 12.1 Å². The molecule has 0 aliphatic carbocycles. The topological polar surface area (TPSA) is 36.0 Å². The lowest BCUT2D eigenvalue weighted by Crippen LogP contribution is -2.02. The third kappa shape index (κ3) is 4.91. The number of H-pyrrole nitrogens is 1. The molecule has 0 amide bonds. The minimum absolute atomic E-state index is 0.341. The Balaban J connectivity index is 1.58. The van der Waals surface area contributed by atoms with Crippen LogP contribution in [0, 0.1) is 11.8 Å². The Labute approximate surface area is 157 Å². The highest BCUT2D eigenvalue weighted by Crippen LogP contribution is 2.24. The van der Waals surface area contributed by atoms with Crippen molar-refractivity contribution in [3.8, 4) is 5.75 Å². The van der Waals surface area contributed by atoms with Gasteiger partial charge in [0, 0.05) is 17.1 Å². The predicted molar refractivity (Wildman–Crippen MR) is 111 cm³/mol. The third-order valence-electron chi connectivity index (χ3n) is 5.27. The van der Waals surface area contributed by atoms with E-state index < -0.39 is 0 Å². The van der Waals surface area contributed by atoms with Gasteiger partial charge in [-0.05, 0) is 78.8 Å². The van der Waals surface area contributed by atoms with Gasteiger partial charge in [-0.3, -0.25) is 0 Å². The van der Waals surface area contributed by atoms with E-state index in [1.165, 1.54) is 34.0 Å². The maximum absolute atomic E-state index is 9.37. The van der Waals surface area contributed by atoms with Crippen molar-refractivity contribution in [2.45, 2.75) is 52.9 Å². The number of hydrogen-bond donors (Lipinski definition) is 2. The van der Waals surface area contributed by atoms with E-state index >= 15 is 0 Å². The van der Waals surface area contributed by atoms with Crippen LogP contribution in [0.1, 0.15) is 50.3 Å². The van der Waals surface area contributed by atoms with E-state index in [0.717, 1.165) is 31.6 Å². The molecule has 3 rings (SSSR count). The molecule has 2 heteroatoms. The van der Waals surface area contributed by atoms with Crippen LogP contribution in [0.3, 0.4) is 0 Å². The lowest BCUT2D eigenvalue weighted by atomic mass is 9.93. The summed E-state index contributed by atoms with van der Waals surface area (Å²) in [5.41, 5.74) is 5.42. The minimum atomic E-state index is 0.341. The molecule has 0 aliphatic rings. The summed E-state index contributed by atoms with van der Waals surface area (Å²) in [4.78, 5) is 3.46. The molecule has 2 nitrogen and oxygen atoms in total. The van der Waals surface area contributed by atoms with Gasteiger partial charge in [-0.25, -0.2) is 0 Å². The minimum Gasteiger partial charge on any atom is -0.508 e. The van der Waals surface area contributed by atoms with Crippen LogP contribution in [0.25, 0.3) is 10.9 Å². The molecule has 1 atom stereocenters. The van der Waals surface area contributed by atoms with Gasteiger partial charge in [0.1, 0.15) is 5.75 Å². The zero-order valence-corrected chi connectivity index (χ0v) is 16.3. The van der Waals surface area contributed by atoms with Gasteiger partial charge < -0.3 is 10.1 Å². The van der Waals surface area contributed by atoms with Crippen LogP contribution in [-0.4, -0.2) is 10.1 Å². The monoisotopic (exact) mass is 349 g/mol. The van der Waals surface area contributed by atoms with Crippen molar-refractivity contribution < 1.29 is 5.11 Å². The Hall–Kier alpha value is -2.22. The molecule has 138 valence electrons. The van der Waals surface area contributed by atoms with Crippen molar-refractivity contribution in [2.24, 2.45) is 11.8 Å². The zero-order valence-electron chi connectivity index (χ0n) is 16.3. The molecule has 0 radical (unpaired) electrons. The molecular formula is C24H31NO. The van der Waals surface area contributed by atoms with Crippen molar-refractivity contribution in [3.63, 3.8) is 0 Å². The summed E-state index contributed by atoms with van der Waals surface area (Å²) >= 11 is 0. The van der Waals surface area contributed by atoms with Gasteiger partial charge in [-0.2, -0.15) is 0 Å². The average Bonchev–Trinajstić information content (AvgIpc) is 3.02. The van der Waals surface area contributed by atoms with Crippen LogP contribution in [-0.2, 0) is 19.3 Å². The number of hydrogen-bond acceptors (Lipinski definition) is 1. The highest BCUT2D eigenvalue weighted by molar-refractivity contribution is 5.83. The van der Waals surface area contributed by atoms with Gasteiger partial charge in [0.2, 0.25) is 0 Å². The molecule has 1 aromatic heterocycles. The van der Waals surface area contributed by atoms with Crippen LogP contribution in [0.2, 0.25) is 0 Å². The first kappa shape index (κ1) is 18.6. The number of aryl methyl sites for hydroxylation is 2. The number of aromatic amines is 1. The number of phenolic OH excluding ortho intramolecular Hbond substituents is 1. The van der Waals surface area contributed by atoms with Crippen molar-refractivity contribution >= 4 is 10.9 Å². The van der Waals surface area contributed by atoms with Crippen LogP contribution >= 0.6 is 0 Å². The number of phenols is 1. The summed E-state index contributed by atoms with van der Waals surface area (Å²) in [6.07, 6.45) is 7.90. The zero-order chi connectivity index (χ0) is 18.5. The largest absolute Gasteiger partial charge is 0.508 e. The molecule has 0 bridgehead atoms. The Morgan fingerprint density at radius 3 is 2.35 bits per heavy atom.